The van der Waals surface area contributed by atoms with Gasteiger partial charge in [0.1, 0.15) is 5.82 Å². The summed E-state index contributed by atoms with van der Waals surface area (Å²) >= 11 is 0. The predicted molar refractivity (Wildman–Crippen MR) is 65.4 cm³/mol. The zero-order valence-electron chi connectivity index (χ0n) is 9.75. The molecule has 0 radical (unpaired) electrons. The Labute approximate surface area is 95.3 Å². The molecule has 0 bridgehead atoms. The predicted octanol–water partition coefficient (Wildman–Crippen LogP) is 2.54. The standard InChI is InChI=1S/C13H17N3/c1-8-4-3-5-10-11(8)16-13(15-10)12-9(2)6-7-14-12/h3-5,9,12,14H,6-7H2,1-2H3,(H,15,16)/t9-,12-/m0/s1. The summed E-state index contributed by atoms with van der Waals surface area (Å²) < 4.78 is 0. The van der Waals surface area contributed by atoms with E-state index in [-0.39, 0.29) is 0 Å². The van der Waals surface area contributed by atoms with Crippen molar-refractivity contribution in [2.75, 3.05) is 6.54 Å². The number of para-hydroxylation sites is 1. The smallest absolute Gasteiger partial charge is 0.124 e. The minimum atomic E-state index is 0.395. The van der Waals surface area contributed by atoms with Crippen LogP contribution in [0.2, 0.25) is 0 Å². The van der Waals surface area contributed by atoms with Gasteiger partial charge in [0.25, 0.3) is 0 Å². The number of benzene rings is 1. The molecular weight excluding hydrogens is 198 g/mol. The third-order valence-corrected chi connectivity index (χ3v) is 3.57. The molecule has 0 spiro atoms. The average molecular weight is 215 g/mol. The molecule has 3 rings (SSSR count). The quantitative estimate of drug-likeness (QED) is 0.767. The van der Waals surface area contributed by atoms with Gasteiger partial charge in [-0.3, -0.25) is 0 Å². The fourth-order valence-electron chi connectivity index (χ4n) is 2.54. The van der Waals surface area contributed by atoms with Crippen LogP contribution in [0.1, 0.15) is 30.8 Å². The average Bonchev–Trinajstić information content (AvgIpc) is 2.84. The number of nitrogens with one attached hydrogen (secondary N) is 2. The Hall–Kier alpha value is -1.35. The lowest BCUT2D eigenvalue weighted by Crippen LogP contribution is -2.17. The molecule has 16 heavy (non-hydrogen) atoms. The number of nitrogens with zero attached hydrogens (tertiary/aromatic N) is 1. The summed E-state index contributed by atoms with van der Waals surface area (Å²) in [4.78, 5) is 8.15. The number of imidazole rings is 1. The van der Waals surface area contributed by atoms with E-state index in [1.54, 1.807) is 0 Å². The first-order valence-electron chi connectivity index (χ1n) is 5.94. The summed E-state index contributed by atoms with van der Waals surface area (Å²) in [5.74, 6) is 1.76. The number of H-pyrrole nitrogens is 1. The van der Waals surface area contributed by atoms with E-state index < -0.39 is 0 Å². The minimum Gasteiger partial charge on any atom is -0.340 e. The Kier molecular flexibility index (Phi) is 2.21. The second-order valence-electron chi connectivity index (χ2n) is 4.79. The van der Waals surface area contributed by atoms with E-state index in [9.17, 15) is 0 Å². The van der Waals surface area contributed by atoms with Gasteiger partial charge in [0.05, 0.1) is 17.1 Å². The van der Waals surface area contributed by atoms with Gasteiger partial charge in [0, 0.05) is 0 Å². The topological polar surface area (TPSA) is 40.7 Å². The van der Waals surface area contributed by atoms with Crippen LogP contribution in [0.5, 0.6) is 0 Å². The van der Waals surface area contributed by atoms with Crippen LogP contribution in [0.4, 0.5) is 0 Å². The second kappa shape index (κ2) is 3.59. The van der Waals surface area contributed by atoms with E-state index >= 15 is 0 Å². The molecule has 3 nitrogen and oxygen atoms in total. The lowest BCUT2D eigenvalue weighted by Gasteiger charge is -2.11. The van der Waals surface area contributed by atoms with Gasteiger partial charge >= 0.3 is 0 Å². The lowest BCUT2D eigenvalue weighted by molar-refractivity contribution is 0.484. The van der Waals surface area contributed by atoms with Crippen LogP contribution < -0.4 is 5.32 Å². The van der Waals surface area contributed by atoms with Gasteiger partial charge in [-0.05, 0) is 37.4 Å². The molecule has 0 unspecified atom stereocenters. The third kappa shape index (κ3) is 1.43. The molecule has 0 saturated carbocycles. The Balaban J connectivity index is 2.08. The van der Waals surface area contributed by atoms with Crippen LogP contribution in [-0.2, 0) is 0 Å². The molecule has 3 heteroatoms. The Morgan fingerprint density at radius 2 is 2.25 bits per heavy atom. The van der Waals surface area contributed by atoms with Crippen molar-refractivity contribution in [3.8, 4) is 0 Å². The highest BCUT2D eigenvalue weighted by Crippen LogP contribution is 2.29. The van der Waals surface area contributed by atoms with Crippen molar-refractivity contribution in [1.82, 2.24) is 15.3 Å². The van der Waals surface area contributed by atoms with Gasteiger partial charge in [0.2, 0.25) is 0 Å². The maximum Gasteiger partial charge on any atom is 0.124 e. The molecule has 1 aromatic carbocycles. The first kappa shape index (κ1) is 9.85. The van der Waals surface area contributed by atoms with Crippen LogP contribution in [0.25, 0.3) is 11.0 Å². The molecule has 84 valence electrons. The number of aryl methyl sites for hydroxylation is 1. The first-order valence-corrected chi connectivity index (χ1v) is 5.94. The molecule has 1 fully saturated rings. The van der Waals surface area contributed by atoms with Crippen molar-refractivity contribution in [2.45, 2.75) is 26.3 Å². The monoisotopic (exact) mass is 215 g/mol. The summed E-state index contributed by atoms with van der Waals surface area (Å²) in [6, 6.07) is 6.65. The fraction of sp³-hybridized carbons (Fsp3) is 0.462. The van der Waals surface area contributed by atoms with Crippen molar-refractivity contribution < 1.29 is 0 Å². The van der Waals surface area contributed by atoms with Crippen molar-refractivity contribution in [3.05, 3.63) is 29.6 Å². The van der Waals surface area contributed by atoms with E-state index in [2.05, 4.69) is 47.3 Å². The van der Waals surface area contributed by atoms with E-state index in [0.29, 0.717) is 12.0 Å². The molecule has 1 aliphatic rings. The Morgan fingerprint density at radius 1 is 1.38 bits per heavy atom. The van der Waals surface area contributed by atoms with Gasteiger partial charge in [-0.25, -0.2) is 4.98 Å². The molecule has 0 aliphatic carbocycles. The highest BCUT2D eigenvalue weighted by molar-refractivity contribution is 5.78. The number of rotatable bonds is 1. The van der Waals surface area contributed by atoms with Crippen LogP contribution in [-0.4, -0.2) is 16.5 Å². The van der Waals surface area contributed by atoms with E-state index in [1.165, 1.54) is 17.5 Å². The molecule has 0 amide bonds. The number of aromatic amines is 1. The Morgan fingerprint density at radius 3 is 2.94 bits per heavy atom. The highest BCUT2D eigenvalue weighted by Gasteiger charge is 2.26. The largest absolute Gasteiger partial charge is 0.340 e. The van der Waals surface area contributed by atoms with Gasteiger partial charge in [0.15, 0.2) is 0 Å². The molecule has 2 atom stereocenters. The van der Waals surface area contributed by atoms with Gasteiger partial charge in [-0.15, -0.1) is 0 Å². The number of hydrogen-bond acceptors (Lipinski definition) is 2. The van der Waals surface area contributed by atoms with Crippen molar-refractivity contribution in [1.29, 1.82) is 0 Å². The fourth-order valence-corrected chi connectivity index (χ4v) is 2.54. The molecular formula is C13H17N3. The van der Waals surface area contributed by atoms with Crippen molar-refractivity contribution >= 4 is 11.0 Å². The molecule has 2 heterocycles. The lowest BCUT2D eigenvalue weighted by atomic mass is 10.0. The van der Waals surface area contributed by atoms with E-state index in [1.807, 2.05) is 0 Å². The zero-order valence-corrected chi connectivity index (χ0v) is 9.75. The minimum absolute atomic E-state index is 0.395. The first-order chi connectivity index (χ1) is 7.75. The van der Waals surface area contributed by atoms with Gasteiger partial charge < -0.3 is 10.3 Å². The molecule has 1 saturated heterocycles. The number of fused-ring (bicyclic) bond motifs is 1. The molecule has 1 aliphatic heterocycles. The van der Waals surface area contributed by atoms with Crippen molar-refractivity contribution in [2.24, 2.45) is 5.92 Å². The van der Waals surface area contributed by atoms with Gasteiger partial charge in [-0.2, -0.15) is 0 Å². The number of aromatic nitrogens is 2. The van der Waals surface area contributed by atoms with E-state index in [0.717, 1.165) is 17.9 Å². The number of hydrogen-bond donors (Lipinski definition) is 2. The summed E-state index contributed by atoms with van der Waals surface area (Å²) in [7, 11) is 0. The van der Waals surface area contributed by atoms with Crippen molar-refractivity contribution in [3.63, 3.8) is 0 Å². The SMILES string of the molecule is Cc1cccc2nc([C@H]3NCC[C@@H]3C)[nH]c12. The van der Waals surface area contributed by atoms with Crippen LogP contribution >= 0.6 is 0 Å². The maximum atomic E-state index is 4.69. The van der Waals surface area contributed by atoms with Crippen LogP contribution in [0, 0.1) is 12.8 Å². The summed E-state index contributed by atoms with van der Waals surface area (Å²) in [5.41, 5.74) is 3.52. The maximum absolute atomic E-state index is 4.69. The summed E-state index contributed by atoms with van der Waals surface area (Å²) in [6.45, 7) is 5.50. The molecule has 1 aromatic heterocycles. The molecule has 2 aromatic rings. The second-order valence-corrected chi connectivity index (χ2v) is 4.79. The summed E-state index contributed by atoms with van der Waals surface area (Å²) in [6.07, 6.45) is 1.24. The van der Waals surface area contributed by atoms with Gasteiger partial charge in [-0.1, -0.05) is 19.1 Å². The Bertz CT molecular complexity index is 515. The normalized spacial score (nSPS) is 25.4. The third-order valence-electron chi connectivity index (χ3n) is 3.57. The van der Waals surface area contributed by atoms with Crippen LogP contribution in [0.3, 0.4) is 0 Å². The zero-order chi connectivity index (χ0) is 11.1. The highest BCUT2D eigenvalue weighted by atomic mass is 15.0. The summed E-state index contributed by atoms with van der Waals surface area (Å²) in [5, 5.41) is 3.51. The molecule has 2 N–H and O–H groups in total. The van der Waals surface area contributed by atoms with E-state index in [4.69, 9.17) is 0 Å². The van der Waals surface area contributed by atoms with Crippen LogP contribution in [0.15, 0.2) is 18.2 Å².